The topological polar surface area (TPSA) is 96.6 Å². The number of hydrogen-bond acceptors (Lipinski definition) is 4. The van der Waals surface area contributed by atoms with Gasteiger partial charge >= 0.3 is 29.6 Å². The number of amides is 2. The van der Waals surface area contributed by atoms with Crippen molar-refractivity contribution in [1.82, 2.24) is 10.3 Å². The summed E-state index contributed by atoms with van der Waals surface area (Å²) < 4.78 is 0. The van der Waals surface area contributed by atoms with E-state index in [4.69, 9.17) is 5.21 Å². The van der Waals surface area contributed by atoms with E-state index in [0.29, 0.717) is 24.4 Å². The summed E-state index contributed by atoms with van der Waals surface area (Å²) in [7, 11) is 1.70. The normalized spacial score (nSPS) is 13.6. The standard InChI is InChI=1S/C24H33N4O3.Na/c1-17(2)14-21(18(3)16-26-31)23(29)27-22(15-19-8-6-5-7-9-19)24(30)28(4)20-10-12-25-13-11-20;/h5-13,17-18,21-22,31H,14-16H2,1-4H3,(H,27,29);/q-1;+1/t18-,21-,22+;/m1./s1. The van der Waals surface area contributed by atoms with Crippen LogP contribution in [0.5, 0.6) is 0 Å². The van der Waals surface area contributed by atoms with Gasteiger partial charge in [-0.25, -0.2) is 0 Å². The molecule has 32 heavy (non-hydrogen) atoms. The van der Waals surface area contributed by atoms with Crippen molar-refractivity contribution in [3.8, 4) is 0 Å². The third-order valence-electron chi connectivity index (χ3n) is 5.40. The maximum atomic E-state index is 13.4. The molecule has 7 nitrogen and oxygen atoms in total. The maximum absolute atomic E-state index is 13.4. The second-order valence-corrected chi connectivity index (χ2v) is 8.39. The molecule has 2 amide bonds. The number of pyridine rings is 1. The summed E-state index contributed by atoms with van der Waals surface area (Å²) >= 11 is 0. The molecule has 0 saturated heterocycles. The van der Waals surface area contributed by atoms with Crippen molar-refractivity contribution in [2.75, 3.05) is 18.5 Å². The van der Waals surface area contributed by atoms with Gasteiger partial charge in [-0.15, -0.1) is 6.54 Å². The van der Waals surface area contributed by atoms with Crippen molar-refractivity contribution in [2.24, 2.45) is 17.8 Å². The Balaban J connectivity index is 0.00000512. The first-order valence-electron chi connectivity index (χ1n) is 10.7. The second kappa shape index (κ2) is 14.4. The van der Waals surface area contributed by atoms with E-state index in [1.54, 1.807) is 36.5 Å². The minimum absolute atomic E-state index is 0. The van der Waals surface area contributed by atoms with Crippen LogP contribution < -0.4 is 39.8 Å². The molecule has 1 aromatic carbocycles. The summed E-state index contributed by atoms with van der Waals surface area (Å²) in [5.74, 6) is -0.598. The van der Waals surface area contributed by atoms with Gasteiger partial charge in [-0.1, -0.05) is 57.0 Å². The number of nitrogens with one attached hydrogen (secondary N) is 1. The number of rotatable bonds is 11. The van der Waals surface area contributed by atoms with Gasteiger partial charge in [0.2, 0.25) is 11.8 Å². The van der Waals surface area contributed by atoms with E-state index < -0.39 is 6.04 Å². The van der Waals surface area contributed by atoms with Crippen molar-refractivity contribution in [2.45, 2.75) is 39.7 Å². The molecule has 0 aliphatic rings. The smallest absolute Gasteiger partial charge is 0.537 e. The van der Waals surface area contributed by atoms with E-state index in [9.17, 15) is 9.59 Å². The van der Waals surface area contributed by atoms with Crippen LogP contribution in [0.3, 0.4) is 0 Å². The second-order valence-electron chi connectivity index (χ2n) is 8.39. The number of aromatic nitrogens is 1. The molecule has 2 aromatic rings. The van der Waals surface area contributed by atoms with Crippen molar-refractivity contribution in [3.05, 3.63) is 65.9 Å². The number of anilines is 1. The van der Waals surface area contributed by atoms with Crippen LogP contribution in [-0.4, -0.2) is 41.6 Å². The van der Waals surface area contributed by atoms with Crippen molar-refractivity contribution in [1.29, 1.82) is 0 Å². The summed E-state index contributed by atoms with van der Waals surface area (Å²) in [5.41, 5.74) is 4.90. The van der Waals surface area contributed by atoms with Gasteiger partial charge in [-0.2, -0.15) is 0 Å². The molecular weight excluding hydrogens is 415 g/mol. The van der Waals surface area contributed by atoms with E-state index in [1.807, 2.05) is 51.1 Å². The van der Waals surface area contributed by atoms with E-state index in [0.717, 1.165) is 5.56 Å². The Kier molecular flexibility index (Phi) is 12.7. The zero-order chi connectivity index (χ0) is 22.8. The summed E-state index contributed by atoms with van der Waals surface area (Å²) in [6, 6.07) is 12.4. The molecule has 1 aromatic heterocycles. The molecule has 0 saturated carbocycles. The van der Waals surface area contributed by atoms with Crippen LogP contribution in [-0.2, 0) is 16.0 Å². The van der Waals surface area contributed by atoms with Gasteiger partial charge in [0.1, 0.15) is 6.04 Å². The molecule has 168 valence electrons. The number of carbonyl (C=O) groups is 2. The fraction of sp³-hybridized carbons (Fsp3) is 0.458. The third kappa shape index (κ3) is 8.64. The Morgan fingerprint density at radius 3 is 2.28 bits per heavy atom. The Morgan fingerprint density at radius 2 is 1.72 bits per heavy atom. The van der Waals surface area contributed by atoms with E-state index in [1.165, 1.54) is 0 Å². The quantitative estimate of drug-likeness (QED) is 0.393. The van der Waals surface area contributed by atoms with Gasteiger partial charge < -0.3 is 20.9 Å². The molecule has 2 rings (SSSR count). The largest absolute Gasteiger partial charge is 1.00 e. The fourth-order valence-corrected chi connectivity index (χ4v) is 3.62. The molecule has 3 atom stereocenters. The van der Waals surface area contributed by atoms with Gasteiger partial charge in [0.15, 0.2) is 0 Å². The summed E-state index contributed by atoms with van der Waals surface area (Å²) in [6.45, 7) is 6.17. The molecule has 0 unspecified atom stereocenters. The van der Waals surface area contributed by atoms with E-state index in [-0.39, 0.29) is 59.8 Å². The van der Waals surface area contributed by atoms with Gasteiger partial charge in [0.05, 0.1) is 0 Å². The molecule has 0 spiro atoms. The Bertz CT molecular complexity index is 821. The van der Waals surface area contributed by atoms with Crippen LogP contribution in [0.1, 0.15) is 32.8 Å². The maximum Gasteiger partial charge on any atom is 1.00 e. The predicted molar refractivity (Wildman–Crippen MR) is 122 cm³/mol. The minimum Gasteiger partial charge on any atom is -0.537 e. The molecule has 0 bridgehead atoms. The summed E-state index contributed by atoms with van der Waals surface area (Å²) in [5, 5.41) is 12.0. The minimum atomic E-state index is -0.721. The van der Waals surface area contributed by atoms with Crippen molar-refractivity contribution in [3.63, 3.8) is 0 Å². The number of hydroxylamine groups is 1. The monoisotopic (exact) mass is 448 g/mol. The van der Waals surface area contributed by atoms with E-state index in [2.05, 4.69) is 15.8 Å². The van der Waals surface area contributed by atoms with Gasteiger partial charge in [-0.05, 0) is 30.0 Å². The number of benzene rings is 1. The zero-order valence-electron chi connectivity index (χ0n) is 19.7. The zero-order valence-corrected chi connectivity index (χ0v) is 21.7. The van der Waals surface area contributed by atoms with Crippen molar-refractivity contribution >= 4 is 17.5 Å². The van der Waals surface area contributed by atoms with Crippen LogP contribution >= 0.6 is 0 Å². The molecule has 0 radical (unpaired) electrons. The Hall–Kier alpha value is -1.77. The van der Waals surface area contributed by atoms with Gasteiger partial charge in [0.25, 0.3) is 0 Å². The first kappa shape index (κ1) is 28.3. The summed E-state index contributed by atoms with van der Waals surface area (Å²) in [4.78, 5) is 32.1. The Labute approximate surface area is 213 Å². The van der Waals surface area contributed by atoms with Crippen LogP contribution in [0.15, 0.2) is 54.9 Å². The molecule has 2 N–H and O–H groups in total. The predicted octanol–water partition coefficient (Wildman–Crippen LogP) is 0.837. The van der Waals surface area contributed by atoms with Crippen LogP contribution in [0, 0.1) is 17.8 Å². The van der Waals surface area contributed by atoms with Crippen LogP contribution in [0.2, 0.25) is 0 Å². The van der Waals surface area contributed by atoms with Gasteiger partial charge in [0, 0.05) is 37.5 Å². The molecule has 1 heterocycles. The van der Waals surface area contributed by atoms with Crippen molar-refractivity contribution < 1.29 is 44.4 Å². The number of likely N-dealkylation sites (N-methyl/N-ethyl adjacent to an activating group) is 1. The fourth-order valence-electron chi connectivity index (χ4n) is 3.62. The molecular formula is C24H33N4NaO3. The van der Waals surface area contributed by atoms with Crippen LogP contribution in [0.4, 0.5) is 5.69 Å². The first-order chi connectivity index (χ1) is 14.8. The molecule has 0 aliphatic carbocycles. The number of hydrogen-bond donors (Lipinski definition) is 2. The number of carbonyl (C=O) groups excluding carboxylic acids is 2. The van der Waals surface area contributed by atoms with Crippen LogP contribution in [0.25, 0.3) is 5.48 Å². The summed E-state index contributed by atoms with van der Waals surface area (Å²) in [6.07, 6.45) is 4.29. The Morgan fingerprint density at radius 1 is 1.09 bits per heavy atom. The van der Waals surface area contributed by atoms with E-state index >= 15 is 0 Å². The SMILES string of the molecule is CC(C)C[C@@H](C(=O)N[C@@H](Cc1ccccc1)C(=O)N(C)c1ccncc1)[C@H](C)C[N-]O.[Na+]. The third-order valence-corrected chi connectivity index (χ3v) is 5.40. The van der Waals surface area contributed by atoms with Gasteiger partial charge in [-0.3, -0.25) is 14.6 Å². The average Bonchev–Trinajstić information content (AvgIpc) is 2.77. The molecule has 8 heteroatoms. The number of nitrogens with zero attached hydrogens (tertiary/aromatic N) is 3. The first-order valence-corrected chi connectivity index (χ1v) is 10.7. The molecule has 0 fully saturated rings. The average molecular weight is 449 g/mol. The molecule has 0 aliphatic heterocycles.